The van der Waals surface area contributed by atoms with E-state index in [-0.39, 0.29) is 180 Å². The Bertz CT molecular complexity index is 3730. The van der Waals surface area contributed by atoms with Gasteiger partial charge in [0.05, 0.1) is 121 Å². The minimum atomic E-state index is -4.20. The van der Waals surface area contributed by atoms with Crippen molar-refractivity contribution in [1.29, 1.82) is 0 Å². The Hall–Kier alpha value is 6.20. The van der Waals surface area contributed by atoms with E-state index >= 15 is 0 Å². The first-order valence-electron chi connectivity index (χ1n) is 41.6. The summed E-state index contributed by atoms with van der Waals surface area (Å²) in [6.45, 7) is 37.0. The van der Waals surface area contributed by atoms with Crippen LogP contribution in [0, 0.1) is 0 Å². The third-order valence-electron chi connectivity index (χ3n) is 22.7. The molecule has 8 saturated carbocycles. The van der Waals surface area contributed by atoms with E-state index in [9.17, 15) is 51.9 Å². The van der Waals surface area contributed by atoms with Crippen molar-refractivity contribution in [3.8, 4) is 0 Å². The number of aliphatic carboxylic acids is 2. The number of carbonyl (C=O) groups is 2. The van der Waals surface area contributed by atoms with Gasteiger partial charge in [0.2, 0.25) is 18.1 Å². The Balaban J connectivity index is 0.000000389. The van der Waals surface area contributed by atoms with Crippen LogP contribution in [0.2, 0.25) is 0 Å². The van der Waals surface area contributed by atoms with Crippen LogP contribution in [0.4, 0.5) is 0 Å². The van der Waals surface area contributed by atoms with Crippen LogP contribution in [0.25, 0.3) is 0 Å². The van der Waals surface area contributed by atoms with Gasteiger partial charge in [0.25, 0.3) is 0 Å². The second-order valence-corrected chi connectivity index (χ2v) is 67.5. The molecule has 8 aliphatic heterocycles. The van der Waals surface area contributed by atoms with Crippen molar-refractivity contribution in [2.45, 2.75) is 412 Å². The molecule has 16 aliphatic rings. The summed E-state index contributed by atoms with van der Waals surface area (Å²) in [5.41, 5.74) is 0. The van der Waals surface area contributed by atoms with Crippen molar-refractivity contribution < 1.29 is 266 Å². The van der Waals surface area contributed by atoms with E-state index in [1.54, 1.807) is 27.7 Å². The maximum atomic E-state index is 11.3. The fraction of sp³-hybridized carbons (Fsp3) is 0.974. The molecule has 0 bridgehead atoms. The molecular weight excluding hydrogens is 2120 g/mol. The van der Waals surface area contributed by atoms with Gasteiger partial charge in [-0.2, -0.15) is 0 Å². The van der Waals surface area contributed by atoms with Crippen molar-refractivity contribution in [2.24, 2.45) is 0 Å². The molecule has 16 rings (SSSR count). The maximum Gasteiger partial charge on any atom is 1.00 e. The van der Waals surface area contributed by atoms with Gasteiger partial charge in [-0.05, 0) is 346 Å². The van der Waals surface area contributed by atoms with E-state index in [1.807, 2.05) is 83.1 Å². The third kappa shape index (κ3) is 47.4. The normalized spacial score (nSPS) is 30.3. The van der Waals surface area contributed by atoms with Crippen LogP contribution in [0.1, 0.15) is 279 Å². The first-order valence-corrected chi connectivity index (χ1v) is 62.2. The molecular formula is C76H126Cl8Na4O32P2S8. The summed E-state index contributed by atoms with van der Waals surface area (Å²) in [6, 6.07) is 0. The summed E-state index contributed by atoms with van der Waals surface area (Å²) < 4.78 is 219. The molecule has 0 radical (unpaired) electrons. The number of halogens is 8. The molecule has 8 heterocycles. The SMILES string of the molecule is CC(=O)[O-].CC(=O)[O-].CC1(C)OC[C@@H](CC2(S(=O)(=O)Cl)CC2)O1.CC1(C)OC[C@@H](CC2(S(=O)(=O)[O-])CC2)O1.CC1(C)OC[C@@H](CC2(SSC3(C[C@@H]4COC(C)(C)O4)CC3)CC2)O1.CC1(C)OC[C@H](CC2(S(=O)(=O)Cl)CC2)O1.CC1(C)OC[C@H](CC2(S(=O)(=O)[O-])CC2)O1.CC1(C)OC[C@H](CC2(SSC3(C[C@H]4COC(C)(C)O4)CC3)CC2)O1.O=P(Cl)(Cl)Cl.O=P(Cl)(Cl)Cl.[Na+].[Na+].[Na+].[Na+]. The number of carbonyl (C=O) groups excluding carboxylic acids is 2. The van der Waals surface area contributed by atoms with Gasteiger partial charge in [0, 0.05) is 52.3 Å². The van der Waals surface area contributed by atoms with Gasteiger partial charge in [0.15, 0.2) is 46.3 Å². The van der Waals surface area contributed by atoms with Crippen molar-refractivity contribution >= 4 is 193 Å². The molecule has 130 heavy (non-hydrogen) atoms. The average Bonchev–Trinajstić information content (AvgIpc) is 1.60. The number of hydrogen-bond donors (Lipinski definition) is 0. The van der Waals surface area contributed by atoms with Gasteiger partial charge in [-0.25, -0.2) is 33.7 Å². The van der Waals surface area contributed by atoms with Gasteiger partial charge in [-0.15, -0.1) is 0 Å². The van der Waals surface area contributed by atoms with Gasteiger partial charge < -0.3 is 105 Å². The van der Waals surface area contributed by atoms with E-state index in [0.29, 0.717) is 110 Å². The van der Waals surface area contributed by atoms with Crippen LogP contribution < -0.4 is 128 Å². The van der Waals surface area contributed by atoms with Gasteiger partial charge in [-0.3, -0.25) is 9.13 Å². The van der Waals surface area contributed by atoms with Gasteiger partial charge in [0.1, 0.15) is 20.2 Å². The van der Waals surface area contributed by atoms with E-state index < -0.39 is 126 Å². The zero-order valence-corrected chi connectivity index (χ0v) is 101. The molecule has 0 N–H and O–H groups in total. The average molecular weight is 2250 g/mol. The summed E-state index contributed by atoms with van der Waals surface area (Å²) in [7, 11) is 3.92. The number of carboxylic acid groups (broad SMARTS) is 2. The zero-order valence-electron chi connectivity index (χ0n) is 78.5. The van der Waals surface area contributed by atoms with Crippen LogP contribution >= 0.6 is 142 Å². The molecule has 54 heteroatoms. The predicted octanol–water partition coefficient (Wildman–Crippen LogP) is 4.65. The topological polar surface area (TPSA) is 445 Å². The quantitative estimate of drug-likeness (QED) is 0.0374. The van der Waals surface area contributed by atoms with Crippen LogP contribution in [0.3, 0.4) is 0 Å². The van der Waals surface area contributed by atoms with E-state index in [0.717, 1.165) is 66.0 Å². The molecule has 8 aliphatic carbocycles. The Morgan fingerprint density at radius 1 is 0.285 bits per heavy atom. The number of rotatable bonds is 26. The second-order valence-electron chi connectivity index (χ2n) is 38.6. The Morgan fingerprint density at radius 2 is 0.400 bits per heavy atom. The van der Waals surface area contributed by atoms with Crippen LogP contribution in [-0.4, -0.2) is 241 Å². The molecule has 0 unspecified atom stereocenters. The second kappa shape index (κ2) is 50.2. The predicted molar refractivity (Wildman–Crippen MR) is 483 cm³/mol. The first-order chi connectivity index (χ1) is 56.8. The molecule has 740 valence electrons. The van der Waals surface area contributed by atoms with Crippen molar-refractivity contribution in [3.63, 3.8) is 0 Å². The zero-order chi connectivity index (χ0) is 95.5. The standard InChI is InChI=1S/2C18H30O4S2.2C9H15ClO4S.2C9H16O5S.2C2H4O2.2Cl3OP.4Na/c2*1-15(2)19-11-13(21-15)9-17(5-6-17)23-24-18(7-8-18)10-14-12-20-16(3,4)22-14;4*1-8(2)13-6-7(14-8)5-9(3-4-9)15(10,11)12;2*1-2(3)4;2*1-5(2,3)4;;;;/h2*13-14H,5-12H2,1-4H3;2*7H,3-6H2,1-2H3;2*7H,3-6H2,1-2H3,(H,10,11,12);2*1H3,(H,3,4);;;;;;/q;;;;;;;;;;4*+1/p-4/t2*13-,14-;4*7-;;;;;;;;/m101010......../s1. The fourth-order valence-corrected chi connectivity index (χ4v) is 28.2. The van der Waals surface area contributed by atoms with Crippen molar-refractivity contribution in [2.75, 3.05) is 52.9 Å². The molecule has 8 atom stereocenters. The van der Waals surface area contributed by atoms with Crippen LogP contribution in [-0.2, 0) is 133 Å². The number of ether oxygens (including phenoxy) is 16. The molecule has 0 aromatic heterocycles. The minimum Gasteiger partial charge on any atom is -0.748 e. The van der Waals surface area contributed by atoms with Crippen LogP contribution in [0.5, 0.6) is 0 Å². The summed E-state index contributed by atoms with van der Waals surface area (Å²) in [5, 5.41) is 11.3. The minimum absolute atomic E-state index is 0. The van der Waals surface area contributed by atoms with Gasteiger partial charge >= 0.3 is 129 Å². The molecule has 0 aromatic rings. The summed E-state index contributed by atoms with van der Waals surface area (Å²) in [4.78, 5) is 17.8. The van der Waals surface area contributed by atoms with Crippen LogP contribution in [0.15, 0.2) is 0 Å². The molecule has 32 nitrogen and oxygen atoms in total. The summed E-state index contributed by atoms with van der Waals surface area (Å²) in [5.74, 6) is -6.29. The Kier molecular flexibility index (Phi) is 50.4. The molecule has 0 spiro atoms. The summed E-state index contributed by atoms with van der Waals surface area (Å²) in [6.07, 6.45) is 21.0. The van der Waals surface area contributed by atoms with Crippen molar-refractivity contribution in [1.82, 2.24) is 0 Å². The van der Waals surface area contributed by atoms with E-state index in [1.165, 1.54) is 51.4 Å². The first kappa shape index (κ1) is 130. The molecule has 16 fully saturated rings. The van der Waals surface area contributed by atoms with E-state index in [2.05, 4.69) is 111 Å². The largest absolute Gasteiger partial charge is 1.00 e. The van der Waals surface area contributed by atoms with Crippen molar-refractivity contribution in [3.05, 3.63) is 0 Å². The number of hydrogen-bond acceptors (Lipinski definition) is 36. The smallest absolute Gasteiger partial charge is 0.748 e. The monoisotopic (exact) mass is 2240 g/mol. The molecule has 0 amide bonds. The molecule has 0 aromatic carbocycles. The summed E-state index contributed by atoms with van der Waals surface area (Å²) >= 11 is 27.7. The van der Waals surface area contributed by atoms with E-state index in [4.69, 9.17) is 117 Å². The molecule has 8 saturated heterocycles. The Labute approximate surface area is 911 Å². The third-order valence-corrected chi connectivity index (χ3v) is 39.8. The maximum absolute atomic E-state index is 11.3. The Morgan fingerprint density at radius 3 is 0.485 bits per heavy atom. The van der Waals surface area contributed by atoms with Gasteiger partial charge in [-0.1, -0.05) is 43.2 Å². The fourth-order valence-electron chi connectivity index (χ4n) is 15.2. The number of carboxylic acids is 2.